The number of rotatable bonds is 4. The van der Waals surface area contributed by atoms with Crippen LogP contribution in [0.5, 0.6) is 0 Å². The van der Waals surface area contributed by atoms with Gasteiger partial charge in [0.05, 0.1) is 18.9 Å². The highest BCUT2D eigenvalue weighted by molar-refractivity contribution is 9.09. The van der Waals surface area contributed by atoms with E-state index in [1.807, 2.05) is 6.19 Å². The molecule has 0 bridgehead atoms. The summed E-state index contributed by atoms with van der Waals surface area (Å²) >= 11 is 3.17. The molecule has 0 N–H and O–H groups in total. The van der Waals surface area contributed by atoms with E-state index in [0.717, 1.165) is 0 Å². The van der Waals surface area contributed by atoms with Gasteiger partial charge in [-0.05, 0) is 0 Å². The molecule has 0 fully saturated rings. The lowest BCUT2D eigenvalue weighted by molar-refractivity contribution is -0.823. The van der Waals surface area contributed by atoms with Crippen LogP contribution in [0.2, 0.25) is 0 Å². The Hall–Kier alpha value is -0.600. The fourth-order valence-corrected chi connectivity index (χ4v) is 1.77. The predicted octanol–water partition coefficient (Wildman–Crippen LogP) is -0.553. The molecule has 0 amide bonds. The first-order chi connectivity index (χ1) is 5.37. The lowest BCUT2D eigenvalue weighted by Gasteiger charge is -2.21. The van der Waals surface area contributed by atoms with Gasteiger partial charge < -0.3 is 9.90 Å². The lowest BCUT2D eigenvalue weighted by Crippen LogP contribution is -2.40. The zero-order chi connectivity index (χ0) is 9.78. The van der Waals surface area contributed by atoms with Gasteiger partial charge in [-0.1, -0.05) is 15.9 Å². The Morgan fingerprint density at radius 1 is 1.75 bits per heavy atom. The molecule has 0 saturated heterocycles. The standard InChI is InChI=1S/C7H11BrN2O2/c1-10(2,5-9)4-6(8)3-7(11)12/h6H,3-4H2,1-2H3. The van der Waals surface area contributed by atoms with E-state index in [4.69, 9.17) is 5.26 Å². The Morgan fingerprint density at radius 3 is 2.58 bits per heavy atom. The Balaban J connectivity index is 3.94. The van der Waals surface area contributed by atoms with Crippen LogP contribution in [0.15, 0.2) is 0 Å². The molecule has 0 aromatic rings. The van der Waals surface area contributed by atoms with Gasteiger partial charge in [-0.2, -0.15) is 0 Å². The number of carbonyl (C=O) groups is 1. The van der Waals surface area contributed by atoms with Crippen LogP contribution >= 0.6 is 15.9 Å². The van der Waals surface area contributed by atoms with Crippen LogP contribution in [0.25, 0.3) is 0 Å². The number of carboxylic acids is 1. The average molecular weight is 235 g/mol. The molecule has 0 heterocycles. The number of carboxylic acid groups (broad SMARTS) is 1. The molecule has 0 spiro atoms. The first kappa shape index (κ1) is 11.4. The van der Waals surface area contributed by atoms with Gasteiger partial charge in [0.1, 0.15) is 6.54 Å². The minimum Gasteiger partial charge on any atom is -0.550 e. The summed E-state index contributed by atoms with van der Waals surface area (Å²) in [6, 6.07) is 0. The van der Waals surface area contributed by atoms with Crippen molar-refractivity contribution < 1.29 is 14.4 Å². The molecule has 0 aromatic carbocycles. The molecule has 0 saturated carbocycles. The largest absolute Gasteiger partial charge is 0.550 e. The quantitative estimate of drug-likeness (QED) is 0.373. The first-order valence-electron chi connectivity index (χ1n) is 3.45. The number of hydrogen-bond donors (Lipinski definition) is 0. The minimum atomic E-state index is -1.10. The van der Waals surface area contributed by atoms with Crippen LogP contribution in [0, 0.1) is 11.5 Å². The molecule has 0 aliphatic heterocycles. The molecule has 0 aliphatic rings. The lowest BCUT2D eigenvalue weighted by atomic mass is 10.3. The summed E-state index contributed by atoms with van der Waals surface area (Å²) in [4.78, 5) is 9.94. The summed E-state index contributed by atoms with van der Waals surface area (Å²) in [6.45, 7) is 0.449. The maximum absolute atomic E-state index is 10.2. The Kier molecular flexibility index (Phi) is 4.21. The summed E-state index contributed by atoms with van der Waals surface area (Å²) in [6.07, 6.45) is 1.97. The van der Waals surface area contributed by atoms with Crippen molar-refractivity contribution in [1.82, 2.24) is 0 Å². The van der Waals surface area contributed by atoms with Gasteiger partial charge in [0, 0.05) is 12.4 Å². The van der Waals surface area contributed by atoms with Gasteiger partial charge in [0.15, 0.2) is 0 Å². The third-order valence-electron chi connectivity index (χ3n) is 1.31. The van der Waals surface area contributed by atoms with E-state index in [1.165, 1.54) is 0 Å². The zero-order valence-corrected chi connectivity index (χ0v) is 8.67. The normalized spacial score (nSPS) is 13.5. The van der Waals surface area contributed by atoms with E-state index < -0.39 is 5.97 Å². The second-order valence-corrected chi connectivity index (χ2v) is 4.44. The third kappa shape index (κ3) is 5.10. The summed E-state index contributed by atoms with van der Waals surface area (Å²) in [7, 11) is 3.42. The van der Waals surface area contributed by atoms with Crippen LogP contribution in [-0.4, -0.2) is 35.9 Å². The van der Waals surface area contributed by atoms with Crippen molar-refractivity contribution in [2.24, 2.45) is 0 Å². The number of hydrogen-bond acceptors (Lipinski definition) is 3. The Morgan fingerprint density at radius 2 is 2.25 bits per heavy atom. The molecule has 12 heavy (non-hydrogen) atoms. The molecule has 5 heteroatoms. The summed E-state index contributed by atoms with van der Waals surface area (Å²) in [5.74, 6) is -1.10. The van der Waals surface area contributed by atoms with E-state index in [9.17, 15) is 9.90 Å². The number of carbonyl (C=O) groups excluding carboxylic acids is 1. The van der Waals surface area contributed by atoms with Crippen molar-refractivity contribution in [3.05, 3.63) is 0 Å². The smallest absolute Gasteiger partial charge is 0.308 e. The van der Waals surface area contributed by atoms with Gasteiger partial charge in [-0.3, -0.25) is 0 Å². The number of quaternary nitrogens is 1. The maximum Gasteiger partial charge on any atom is 0.308 e. The van der Waals surface area contributed by atoms with Gasteiger partial charge in [-0.25, -0.2) is 4.48 Å². The third-order valence-corrected chi connectivity index (χ3v) is 1.93. The summed E-state index contributed by atoms with van der Waals surface area (Å²) < 4.78 is 0.128. The molecule has 68 valence electrons. The predicted molar refractivity (Wildman–Crippen MR) is 44.9 cm³/mol. The van der Waals surface area contributed by atoms with Crippen molar-refractivity contribution in [2.45, 2.75) is 11.2 Å². The van der Waals surface area contributed by atoms with Crippen molar-refractivity contribution in [3.63, 3.8) is 0 Å². The molecule has 0 radical (unpaired) electrons. The number of halogens is 1. The molecule has 0 rings (SSSR count). The number of nitriles is 1. The second-order valence-electron chi connectivity index (χ2n) is 3.14. The van der Waals surface area contributed by atoms with E-state index in [-0.39, 0.29) is 15.7 Å². The highest BCUT2D eigenvalue weighted by Gasteiger charge is 2.19. The van der Waals surface area contributed by atoms with Crippen LogP contribution in [0.4, 0.5) is 0 Å². The van der Waals surface area contributed by atoms with Crippen LogP contribution in [0.1, 0.15) is 6.42 Å². The summed E-state index contributed by atoms with van der Waals surface area (Å²) in [5.41, 5.74) is 0. The molecule has 1 atom stereocenters. The molecular formula is C7H11BrN2O2. The van der Waals surface area contributed by atoms with Crippen LogP contribution in [-0.2, 0) is 4.79 Å². The van der Waals surface area contributed by atoms with E-state index in [1.54, 1.807) is 14.1 Å². The Bertz CT molecular complexity index is 210. The Labute approximate surface area is 80.1 Å². The minimum absolute atomic E-state index is 0.0661. The molecule has 0 aliphatic carbocycles. The summed E-state index contributed by atoms with van der Waals surface area (Å²) in [5, 5.41) is 18.8. The topological polar surface area (TPSA) is 63.9 Å². The van der Waals surface area contributed by atoms with Crippen LogP contribution < -0.4 is 5.11 Å². The maximum atomic E-state index is 10.2. The van der Waals surface area contributed by atoms with Crippen molar-refractivity contribution in [1.29, 1.82) is 5.26 Å². The average Bonchev–Trinajstić information content (AvgIpc) is 1.84. The van der Waals surface area contributed by atoms with E-state index in [0.29, 0.717) is 6.54 Å². The second kappa shape index (κ2) is 4.43. The number of alkyl halides is 1. The number of nitrogens with zero attached hydrogens (tertiary/aromatic N) is 2. The van der Waals surface area contributed by atoms with Crippen LogP contribution in [0.3, 0.4) is 0 Å². The monoisotopic (exact) mass is 234 g/mol. The van der Waals surface area contributed by atoms with E-state index >= 15 is 0 Å². The fraction of sp³-hybridized carbons (Fsp3) is 0.714. The van der Waals surface area contributed by atoms with Gasteiger partial charge in [0.2, 0.25) is 0 Å². The highest BCUT2D eigenvalue weighted by Crippen LogP contribution is 2.09. The zero-order valence-electron chi connectivity index (χ0n) is 7.08. The van der Waals surface area contributed by atoms with Crippen molar-refractivity contribution in [2.75, 3.05) is 20.6 Å². The fourth-order valence-electron chi connectivity index (χ4n) is 0.781. The van der Waals surface area contributed by atoms with Gasteiger partial charge >= 0.3 is 6.19 Å². The highest BCUT2D eigenvalue weighted by atomic mass is 79.9. The molecule has 4 nitrogen and oxygen atoms in total. The first-order valence-corrected chi connectivity index (χ1v) is 4.37. The van der Waals surface area contributed by atoms with Gasteiger partial charge in [-0.15, -0.1) is 5.26 Å². The van der Waals surface area contributed by atoms with Crippen molar-refractivity contribution >= 4 is 21.9 Å². The number of aliphatic carboxylic acids is 1. The molecule has 0 aromatic heterocycles. The molecule has 1 unspecified atom stereocenters. The molecular weight excluding hydrogens is 224 g/mol. The van der Waals surface area contributed by atoms with Crippen molar-refractivity contribution in [3.8, 4) is 6.19 Å². The SMILES string of the molecule is C[N+](C)(C#N)CC(Br)CC(=O)[O-]. The van der Waals surface area contributed by atoms with E-state index in [2.05, 4.69) is 15.9 Å². The van der Waals surface area contributed by atoms with Gasteiger partial charge in [0.25, 0.3) is 0 Å².